The highest BCUT2D eigenvalue weighted by atomic mass is 79.9. The first kappa shape index (κ1) is 29.5. The smallest absolute Gasteiger partial charge is 0.253 e. The second-order valence-corrected chi connectivity index (χ2v) is 12.0. The molecule has 2 amide bonds. The SMILES string of the molecule is CC(NC(=O)c1cc(Cl)cc(Br)c1NC(=O)C1=CC(OS(=O)[O-])=CN(C2=NNCC2c2ncccc2Cl)C1)C1CC1. The Morgan fingerprint density at radius 1 is 1.29 bits per heavy atom. The fourth-order valence-electron chi connectivity index (χ4n) is 4.64. The number of halogens is 3. The van der Waals surface area contributed by atoms with Crippen molar-refractivity contribution in [3.63, 3.8) is 0 Å². The van der Waals surface area contributed by atoms with Crippen LogP contribution in [-0.2, 0) is 20.3 Å². The van der Waals surface area contributed by atoms with Gasteiger partial charge in [-0.05, 0) is 72.0 Å². The van der Waals surface area contributed by atoms with Crippen LogP contribution in [0.2, 0.25) is 10.0 Å². The lowest BCUT2D eigenvalue weighted by atomic mass is 10.0. The molecule has 216 valence electrons. The summed E-state index contributed by atoms with van der Waals surface area (Å²) in [4.78, 5) is 32.7. The number of nitrogens with one attached hydrogen (secondary N) is 3. The van der Waals surface area contributed by atoms with Crippen LogP contribution >= 0.6 is 39.1 Å². The molecule has 0 radical (unpaired) electrons. The topological polar surface area (TPSA) is 148 Å². The maximum atomic E-state index is 13.6. The van der Waals surface area contributed by atoms with Crippen molar-refractivity contribution in [2.24, 2.45) is 11.0 Å². The van der Waals surface area contributed by atoms with Crippen molar-refractivity contribution >= 4 is 73.8 Å². The number of hydrazone groups is 1. The van der Waals surface area contributed by atoms with Crippen LogP contribution in [0.15, 0.2) is 63.6 Å². The predicted molar refractivity (Wildman–Crippen MR) is 158 cm³/mol. The van der Waals surface area contributed by atoms with Gasteiger partial charge in [0.25, 0.3) is 11.8 Å². The van der Waals surface area contributed by atoms with Gasteiger partial charge < -0.3 is 29.7 Å². The number of benzene rings is 1. The van der Waals surface area contributed by atoms with Gasteiger partial charge in [0.1, 0.15) is 17.2 Å². The van der Waals surface area contributed by atoms with Crippen LogP contribution in [0, 0.1) is 5.92 Å². The third-order valence-electron chi connectivity index (χ3n) is 6.83. The van der Waals surface area contributed by atoms with E-state index < -0.39 is 17.3 Å². The summed E-state index contributed by atoms with van der Waals surface area (Å²) in [6, 6.07) is 6.44. The van der Waals surface area contributed by atoms with Crippen LogP contribution in [0.25, 0.3) is 0 Å². The highest BCUT2D eigenvalue weighted by Crippen LogP contribution is 2.35. The van der Waals surface area contributed by atoms with Gasteiger partial charge >= 0.3 is 0 Å². The average Bonchev–Trinajstić information content (AvgIpc) is 3.66. The zero-order valence-electron chi connectivity index (χ0n) is 21.5. The Kier molecular flexibility index (Phi) is 9.00. The van der Waals surface area contributed by atoms with E-state index in [-0.39, 0.29) is 47.0 Å². The number of hydrogen-bond acceptors (Lipinski definition) is 9. The van der Waals surface area contributed by atoms with Crippen LogP contribution in [0.3, 0.4) is 0 Å². The maximum Gasteiger partial charge on any atom is 0.253 e. The lowest BCUT2D eigenvalue weighted by molar-refractivity contribution is -0.113. The fourth-order valence-corrected chi connectivity index (χ4v) is 6.05. The van der Waals surface area contributed by atoms with Gasteiger partial charge in [-0.25, -0.2) is 4.21 Å². The van der Waals surface area contributed by atoms with E-state index in [1.807, 2.05) is 6.92 Å². The molecule has 1 fully saturated rings. The van der Waals surface area contributed by atoms with E-state index in [0.29, 0.717) is 38.5 Å². The molecule has 1 aliphatic carbocycles. The van der Waals surface area contributed by atoms with Crippen molar-refractivity contribution in [3.8, 4) is 0 Å². The molecule has 3 N–H and O–H groups in total. The standard InChI is InChI=1S/C26H25BrCl2N6O5S/c1-13(14-4-5-14)32-26(37)18-8-16(28)9-20(27)22(18)33-25(36)15-7-17(40-41(38)39)12-35(11-15)24-19(10-31-34-24)23-21(29)3-2-6-30-23/h2-3,6-9,12-14,19,31H,4-5,10-11H2,1H3,(H,32,37)(H,33,36)(H,38,39)/p-1. The summed E-state index contributed by atoms with van der Waals surface area (Å²) in [6.07, 6.45) is 6.45. The van der Waals surface area contributed by atoms with Crippen molar-refractivity contribution < 1.29 is 22.5 Å². The quantitative estimate of drug-likeness (QED) is 0.351. The normalized spacial score (nSPS) is 19.8. The lowest BCUT2D eigenvalue weighted by Gasteiger charge is -2.29. The largest absolute Gasteiger partial charge is 0.740 e. The monoisotopic (exact) mass is 681 g/mol. The maximum absolute atomic E-state index is 13.6. The van der Waals surface area contributed by atoms with E-state index in [1.165, 1.54) is 18.3 Å². The number of amidine groups is 1. The number of allylic oxidation sites excluding steroid dienone is 1. The summed E-state index contributed by atoms with van der Waals surface area (Å²) >= 11 is 13.1. The summed E-state index contributed by atoms with van der Waals surface area (Å²) in [6.45, 7) is 2.34. The van der Waals surface area contributed by atoms with Gasteiger partial charge in [-0.3, -0.25) is 14.6 Å². The summed E-state index contributed by atoms with van der Waals surface area (Å²) in [5.74, 6) is -0.574. The van der Waals surface area contributed by atoms with E-state index in [4.69, 9.17) is 27.4 Å². The van der Waals surface area contributed by atoms with Crippen LogP contribution in [0.5, 0.6) is 0 Å². The number of pyridine rings is 1. The van der Waals surface area contributed by atoms with E-state index in [9.17, 15) is 18.4 Å². The third kappa shape index (κ3) is 6.92. The molecule has 2 aliphatic heterocycles. The average molecular weight is 683 g/mol. The van der Waals surface area contributed by atoms with Crippen LogP contribution < -0.4 is 16.1 Å². The second kappa shape index (κ2) is 12.5. The molecule has 1 aromatic heterocycles. The fraction of sp³-hybridized carbons (Fsp3) is 0.308. The molecule has 15 heteroatoms. The Bertz CT molecular complexity index is 1520. The van der Waals surface area contributed by atoms with Gasteiger partial charge in [0.15, 0.2) is 5.76 Å². The van der Waals surface area contributed by atoms with E-state index in [1.54, 1.807) is 29.3 Å². The van der Waals surface area contributed by atoms with Gasteiger partial charge in [-0.15, -0.1) is 0 Å². The highest BCUT2D eigenvalue weighted by molar-refractivity contribution is 9.10. The predicted octanol–water partition coefficient (Wildman–Crippen LogP) is 4.21. The zero-order chi connectivity index (χ0) is 29.3. The molecule has 2 aromatic rings. The number of amides is 2. The van der Waals surface area contributed by atoms with E-state index in [0.717, 1.165) is 12.8 Å². The first-order valence-electron chi connectivity index (χ1n) is 12.6. The molecule has 3 unspecified atom stereocenters. The van der Waals surface area contributed by atoms with Crippen molar-refractivity contribution in [1.29, 1.82) is 0 Å². The molecule has 5 rings (SSSR count). The molecule has 3 aliphatic rings. The summed E-state index contributed by atoms with van der Waals surface area (Å²) in [7, 11) is 0. The number of carbonyl (C=O) groups is 2. The van der Waals surface area contributed by atoms with Crippen molar-refractivity contribution in [3.05, 3.63) is 79.8 Å². The Morgan fingerprint density at radius 3 is 2.78 bits per heavy atom. The lowest BCUT2D eigenvalue weighted by Crippen LogP contribution is -2.37. The van der Waals surface area contributed by atoms with Gasteiger partial charge in [0.05, 0.1) is 34.4 Å². The molecule has 0 saturated heterocycles. The Labute approximate surface area is 257 Å². The molecular weight excluding hydrogens is 659 g/mol. The minimum Gasteiger partial charge on any atom is -0.740 e. The summed E-state index contributed by atoms with van der Waals surface area (Å²) in [5, 5.41) is 10.9. The van der Waals surface area contributed by atoms with Crippen molar-refractivity contribution in [1.82, 2.24) is 20.6 Å². The summed E-state index contributed by atoms with van der Waals surface area (Å²) < 4.78 is 28.1. The Hall–Kier alpha value is -2.97. The van der Waals surface area contributed by atoms with Gasteiger partial charge in [0, 0.05) is 40.1 Å². The minimum atomic E-state index is -2.90. The number of rotatable bonds is 8. The first-order chi connectivity index (χ1) is 19.6. The molecule has 1 aromatic carbocycles. The van der Waals surface area contributed by atoms with E-state index in [2.05, 4.69) is 42.1 Å². The van der Waals surface area contributed by atoms with Crippen molar-refractivity contribution in [2.75, 3.05) is 18.4 Å². The number of carbonyl (C=O) groups excluding carboxylic acids is 2. The van der Waals surface area contributed by atoms with Crippen molar-refractivity contribution in [2.45, 2.75) is 31.7 Å². The van der Waals surface area contributed by atoms with Crippen LogP contribution in [0.4, 0.5) is 5.69 Å². The number of hydrogen-bond donors (Lipinski definition) is 3. The minimum absolute atomic E-state index is 0.0110. The molecule has 41 heavy (non-hydrogen) atoms. The molecule has 0 spiro atoms. The molecule has 3 heterocycles. The third-order valence-corrected chi connectivity index (χ3v) is 8.33. The van der Waals surface area contributed by atoms with Gasteiger partial charge in [-0.1, -0.05) is 23.2 Å². The molecular formula is C26H24BrCl2N6O5S-. The molecule has 3 atom stereocenters. The zero-order valence-corrected chi connectivity index (χ0v) is 25.4. The summed E-state index contributed by atoms with van der Waals surface area (Å²) in [5.41, 5.74) is 4.03. The number of nitrogens with zero attached hydrogens (tertiary/aromatic N) is 3. The second-order valence-electron chi connectivity index (χ2n) is 9.74. The van der Waals surface area contributed by atoms with E-state index >= 15 is 0 Å². The van der Waals surface area contributed by atoms with Gasteiger partial charge in [0.2, 0.25) is 0 Å². The number of anilines is 1. The Balaban J connectivity index is 1.42. The van der Waals surface area contributed by atoms with Gasteiger partial charge in [-0.2, -0.15) is 5.10 Å². The number of aromatic nitrogens is 1. The molecule has 0 bridgehead atoms. The Morgan fingerprint density at radius 2 is 2.07 bits per heavy atom. The highest BCUT2D eigenvalue weighted by Gasteiger charge is 2.34. The van der Waals surface area contributed by atoms with Crippen LogP contribution in [-0.4, -0.2) is 55.4 Å². The molecule has 11 nitrogen and oxygen atoms in total. The molecule has 1 saturated carbocycles. The van der Waals surface area contributed by atoms with Crippen LogP contribution in [0.1, 0.15) is 41.7 Å². The first-order valence-corrected chi connectivity index (χ1v) is 15.1.